The summed E-state index contributed by atoms with van der Waals surface area (Å²) in [5, 5.41) is 5.07. The van der Waals surface area contributed by atoms with E-state index >= 15 is 0 Å². The van der Waals surface area contributed by atoms with E-state index in [4.69, 9.17) is 0 Å². The van der Waals surface area contributed by atoms with Crippen molar-refractivity contribution >= 4 is 34.4 Å². The molecule has 0 aromatic heterocycles. The molecule has 1 amide bonds. The van der Waals surface area contributed by atoms with Gasteiger partial charge in [-0.2, -0.15) is 11.8 Å². The highest BCUT2D eigenvalue weighted by Crippen LogP contribution is 2.15. The maximum absolute atomic E-state index is 12.1. The van der Waals surface area contributed by atoms with E-state index < -0.39 is 0 Å². The standard InChI is InChI=1S/C17H19NO3S/c1-21-16(19)8-10-22-11-9-18-17(20)15-7-6-13-4-2-3-5-14(13)12-15/h2-7,12H,8-11H2,1H3,(H,18,20). The number of hydrogen-bond donors (Lipinski definition) is 1. The lowest BCUT2D eigenvalue weighted by Crippen LogP contribution is -2.25. The van der Waals surface area contributed by atoms with Gasteiger partial charge in [0.05, 0.1) is 13.5 Å². The predicted molar refractivity (Wildman–Crippen MR) is 90.2 cm³/mol. The average molecular weight is 317 g/mol. The second-order valence-electron chi connectivity index (χ2n) is 4.76. The van der Waals surface area contributed by atoms with Crippen LogP contribution in [0.3, 0.4) is 0 Å². The van der Waals surface area contributed by atoms with E-state index in [9.17, 15) is 9.59 Å². The summed E-state index contributed by atoms with van der Waals surface area (Å²) in [7, 11) is 1.39. The summed E-state index contributed by atoms with van der Waals surface area (Å²) in [6.07, 6.45) is 0.403. The minimum absolute atomic E-state index is 0.0701. The molecule has 0 heterocycles. The summed E-state index contributed by atoms with van der Waals surface area (Å²) in [4.78, 5) is 23.0. The minimum atomic E-state index is -0.201. The maximum Gasteiger partial charge on any atom is 0.306 e. The van der Waals surface area contributed by atoms with Gasteiger partial charge in [0, 0.05) is 23.6 Å². The molecule has 22 heavy (non-hydrogen) atoms. The zero-order chi connectivity index (χ0) is 15.8. The number of methoxy groups -OCH3 is 1. The molecule has 0 saturated heterocycles. The van der Waals surface area contributed by atoms with Gasteiger partial charge in [0.2, 0.25) is 0 Å². The van der Waals surface area contributed by atoms with Crippen LogP contribution in [-0.2, 0) is 9.53 Å². The summed E-state index contributed by atoms with van der Waals surface area (Å²) >= 11 is 1.62. The van der Waals surface area contributed by atoms with Crippen molar-refractivity contribution in [3.05, 3.63) is 48.0 Å². The van der Waals surface area contributed by atoms with Gasteiger partial charge in [-0.1, -0.05) is 30.3 Å². The predicted octanol–water partition coefficient (Wildman–Crippen LogP) is 2.87. The second-order valence-corrected chi connectivity index (χ2v) is 5.98. The topological polar surface area (TPSA) is 55.4 Å². The van der Waals surface area contributed by atoms with Crippen molar-refractivity contribution in [2.24, 2.45) is 0 Å². The molecule has 5 heteroatoms. The molecule has 0 fully saturated rings. The summed E-state index contributed by atoms with van der Waals surface area (Å²) in [6.45, 7) is 0.581. The molecular weight excluding hydrogens is 298 g/mol. The van der Waals surface area contributed by atoms with E-state index in [-0.39, 0.29) is 11.9 Å². The molecule has 0 spiro atoms. The van der Waals surface area contributed by atoms with Crippen LogP contribution >= 0.6 is 11.8 Å². The molecule has 0 bridgehead atoms. The first-order valence-corrected chi connectivity index (χ1v) is 8.28. The van der Waals surface area contributed by atoms with Crippen molar-refractivity contribution in [3.63, 3.8) is 0 Å². The van der Waals surface area contributed by atoms with Gasteiger partial charge >= 0.3 is 5.97 Å². The quantitative estimate of drug-likeness (QED) is 0.630. The normalized spacial score (nSPS) is 10.4. The Labute approximate surface area is 134 Å². The number of rotatable bonds is 7. The Morgan fingerprint density at radius 1 is 1.09 bits per heavy atom. The monoisotopic (exact) mass is 317 g/mol. The van der Waals surface area contributed by atoms with Crippen LogP contribution in [0.15, 0.2) is 42.5 Å². The molecule has 2 aromatic carbocycles. The highest BCUT2D eigenvalue weighted by molar-refractivity contribution is 7.99. The number of hydrogen-bond acceptors (Lipinski definition) is 4. The highest BCUT2D eigenvalue weighted by Gasteiger charge is 2.06. The van der Waals surface area contributed by atoms with Gasteiger partial charge in [-0.15, -0.1) is 0 Å². The molecule has 2 rings (SSSR count). The molecular formula is C17H19NO3S. The largest absolute Gasteiger partial charge is 0.469 e. The van der Waals surface area contributed by atoms with Gasteiger partial charge in [-0.25, -0.2) is 0 Å². The van der Waals surface area contributed by atoms with Crippen molar-refractivity contribution in [1.29, 1.82) is 0 Å². The molecule has 0 aliphatic rings. The molecule has 0 aliphatic carbocycles. The van der Waals surface area contributed by atoms with Crippen LogP contribution in [0.5, 0.6) is 0 Å². The van der Waals surface area contributed by atoms with Crippen LogP contribution in [0.1, 0.15) is 16.8 Å². The Balaban J connectivity index is 1.75. The van der Waals surface area contributed by atoms with Crippen LogP contribution in [0, 0.1) is 0 Å². The fourth-order valence-electron chi connectivity index (χ4n) is 2.03. The summed E-state index contributed by atoms with van der Waals surface area (Å²) < 4.78 is 4.57. The summed E-state index contributed by atoms with van der Waals surface area (Å²) in [6, 6.07) is 13.6. The van der Waals surface area contributed by atoms with E-state index in [1.165, 1.54) is 7.11 Å². The van der Waals surface area contributed by atoms with Crippen LogP contribution in [-0.4, -0.2) is 37.0 Å². The Bertz CT molecular complexity index is 657. The van der Waals surface area contributed by atoms with E-state index in [0.717, 1.165) is 16.5 Å². The number of thioether (sulfide) groups is 1. The highest BCUT2D eigenvalue weighted by atomic mass is 32.2. The smallest absolute Gasteiger partial charge is 0.306 e. The molecule has 116 valence electrons. The fourth-order valence-corrected chi connectivity index (χ4v) is 2.79. The Morgan fingerprint density at radius 3 is 2.64 bits per heavy atom. The van der Waals surface area contributed by atoms with Gasteiger partial charge in [0.25, 0.3) is 5.91 Å². The van der Waals surface area contributed by atoms with Gasteiger partial charge in [0.15, 0.2) is 0 Å². The summed E-state index contributed by atoms with van der Waals surface area (Å²) in [5.41, 5.74) is 0.665. The first-order valence-electron chi connectivity index (χ1n) is 7.12. The maximum atomic E-state index is 12.1. The third-order valence-electron chi connectivity index (χ3n) is 3.22. The Hall–Kier alpha value is -2.01. The van der Waals surface area contributed by atoms with Crippen LogP contribution in [0.4, 0.5) is 0 Å². The number of benzene rings is 2. The molecule has 0 aliphatic heterocycles. The van der Waals surface area contributed by atoms with Crippen molar-refractivity contribution < 1.29 is 14.3 Å². The van der Waals surface area contributed by atoms with E-state index in [1.807, 2.05) is 42.5 Å². The van der Waals surface area contributed by atoms with E-state index in [2.05, 4.69) is 10.1 Å². The number of nitrogens with one attached hydrogen (secondary N) is 1. The number of amides is 1. The van der Waals surface area contributed by atoms with Crippen molar-refractivity contribution in [1.82, 2.24) is 5.32 Å². The van der Waals surface area contributed by atoms with Crippen molar-refractivity contribution in [3.8, 4) is 0 Å². The Kier molecular flexibility index (Phi) is 6.27. The first-order chi connectivity index (χ1) is 10.7. The molecule has 4 nitrogen and oxygen atoms in total. The van der Waals surface area contributed by atoms with Crippen molar-refractivity contribution in [2.45, 2.75) is 6.42 Å². The minimum Gasteiger partial charge on any atom is -0.469 e. The van der Waals surface area contributed by atoms with Crippen LogP contribution in [0.2, 0.25) is 0 Å². The molecule has 0 atom stereocenters. The average Bonchev–Trinajstić information content (AvgIpc) is 2.56. The molecule has 1 N–H and O–H groups in total. The summed E-state index contributed by atoms with van der Waals surface area (Å²) in [5.74, 6) is 1.21. The lowest BCUT2D eigenvalue weighted by atomic mass is 10.1. The third kappa shape index (κ3) is 4.77. The Morgan fingerprint density at radius 2 is 1.86 bits per heavy atom. The molecule has 0 unspecified atom stereocenters. The lowest BCUT2D eigenvalue weighted by molar-refractivity contribution is -0.140. The van der Waals surface area contributed by atoms with Gasteiger partial charge in [0.1, 0.15) is 0 Å². The number of ether oxygens (including phenoxy) is 1. The molecule has 2 aromatic rings. The second kappa shape index (κ2) is 8.44. The third-order valence-corrected chi connectivity index (χ3v) is 4.21. The molecule has 0 radical (unpaired) electrons. The zero-order valence-corrected chi connectivity index (χ0v) is 13.3. The number of carbonyl (C=O) groups is 2. The van der Waals surface area contributed by atoms with E-state index in [0.29, 0.717) is 24.3 Å². The van der Waals surface area contributed by atoms with Crippen LogP contribution in [0.25, 0.3) is 10.8 Å². The molecule has 0 saturated carbocycles. The van der Waals surface area contributed by atoms with Crippen LogP contribution < -0.4 is 5.32 Å². The van der Waals surface area contributed by atoms with Crippen molar-refractivity contribution in [2.75, 3.05) is 25.2 Å². The number of carbonyl (C=O) groups excluding carboxylic acids is 2. The first kappa shape index (κ1) is 16.4. The fraction of sp³-hybridized carbons (Fsp3) is 0.294. The van der Waals surface area contributed by atoms with Gasteiger partial charge in [-0.05, 0) is 22.9 Å². The number of fused-ring (bicyclic) bond motifs is 1. The SMILES string of the molecule is COC(=O)CCSCCNC(=O)c1ccc2ccccc2c1. The zero-order valence-electron chi connectivity index (χ0n) is 12.5. The van der Waals surface area contributed by atoms with Gasteiger partial charge in [-0.3, -0.25) is 9.59 Å². The number of esters is 1. The van der Waals surface area contributed by atoms with E-state index in [1.54, 1.807) is 11.8 Å². The van der Waals surface area contributed by atoms with Gasteiger partial charge < -0.3 is 10.1 Å². The lowest BCUT2D eigenvalue weighted by Gasteiger charge is -2.06.